The SMILES string of the molecule is CCC1(C)CCN(c2ccc(CCN)c(C)c2)CC1. The Labute approximate surface area is 118 Å². The number of nitrogens with zero attached hydrogens (tertiary/aromatic N) is 1. The predicted octanol–water partition coefficient (Wildman–Crippen LogP) is 3.51. The van der Waals surface area contributed by atoms with Crippen molar-refractivity contribution < 1.29 is 0 Å². The van der Waals surface area contributed by atoms with Crippen molar-refractivity contribution in [2.45, 2.75) is 46.5 Å². The highest BCUT2D eigenvalue weighted by molar-refractivity contribution is 5.51. The number of hydrogen-bond donors (Lipinski definition) is 1. The van der Waals surface area contributed by atoms with Crippen molar-refractivity contribution in [2.24, 2.45) is 11.1 Å². The van der Waals surface area contributed by atoms with Gasteiger partial charge in [-0.05, 0) is 61.4 Å². The average Bonchev–Trinajstić information content (AvgIpc) is 2.42. The fourth-order valence-corrected chi connectivity index (χ4v) is 2.97. The van der Waals surface area contributed by atoms with Gasteiger partial charge in [-0.1, -0.05) is 26.3 Å². The van der Waals surface area contributed by atoms with Gasteiger partial charge in [0.05, 0.1) is 0 Å². The highest BCUT2D eigenvalue weighted by Crippen LogP contribution is 2.35. The first-order valence-electron chi connectivity index (χ1n) is 7.62. The molecule has 1 aromatic carbocycles. The van der Waals surface area contributed by atoms with E-state index in [1.54, 1.807) is 0 Å². The third kappa shape index (κ3) is 3.30. The minimum Gasteiger partial charge on any atom is -0.371 e. The smallest absolute Gasteiger partial charge is 0.0369 e. The van der Waals surface area contributed by atoms with Gasteiger partial charge in [-0.2, -0.15) is 0 Å². The molecule has 106 valence electrons. The molecule has 0 spiro atoms. The summed E-state index contributed by atoms with van der Waals surface area (Å²) >= 11 is 0. The van der Waals surface area contributed by atoms with Gasteiger partial charge in [0.25, 0.3) is 0 Å². The Morgan fingerprint density at radius 1 is 1.26 bits per heavy atom. The maximum atomic E-state index is 5.65. The molecule has 0 aromatic heterocycles. The summed E-state index contributed by atoms with van der Waals surface area (Å²) in [5.41, 5.74) is 10.4. The van der Waals surface area contributed by atoms with Crippen LogP contribution in [0.4, 0.5) is 5.69 Å². The fraction of sp³-hybridized carbons (Fsp3) is 0.647. The van der Waals surface area contributed by atoms with E-state index in [0.29, 0.717) is 5.41 Å². The third-order valence-corrected chi connectivity index (χ3v) is 4.93. The van der Waals surface area contributed by atoms with E-state index >= 15 is 0 Å². The van der Waals surface area contributed by atoms with E-state index in [1.165, 1.54) is 49.2 Å². The Balaban J connectivity index is 2.06. The first-order valence-corrected chi connectivity index (χ1v) is 7.62. The van der Waals surface area contributed by atoms with Crippen LogP contribution in [0.25, 0.3) is 0 Å². The summed E-state index contributed by atoms with van der Waals surface area (Å²) in [5.74, 6) is 0. The normalized spacial score (nSPS) is 18.6. The molecular weight excluding hydrogens is 232 g/mol. The van der Waals surface area contributed by atoms with Crippen LogP contribution >= 0.6 is 0 Å². The number of aryl methyl sites for hydroxylation is 1. The standard InChI is InChI=1S/C17H28N2/c1-4-17(3)8-11-19(12-9-17)16-6-5-15(7-10-18)14(2)13-16/h5-6,13H,4,7-12,18H2,1-3H3. The minimum absolute atomic E-state index is 0.561. The van der Waals surface area contributed by atoms with E-state index in [2.05, 4.69) is 43.9 Å². The Kier molecular flexibility index (Phi) is 4.51. The van der Waals surface area contributed by atoms with Crippen molar-refractivity contribution in [1.82, 2.24) is 0 Å². The fourth-order valence-electron chi connectivity index (χ4n) is 2.97. The number of benzene rings is 1. The zero-order valence-corrected chi connectivity index (χ0v) is 12.7. The summed E-state index contributed by atoms with van der Waals surface area (Å²) in [6, 6.07) is 6.86. The average molecular weight is 260 g/mol. The summed E-state index contributed by atoms with van der Waals surface area (Å²) in [5, 5.41) is 0. The molecule has 0 radical (unpaired) electrons. The van der Waals surface area contributed by atoms with Gasteiger partial charge >= 0.3 is 0 Å². The van der Waals surface area contributed by atoms with Crippen LogP contribution < -0.4 is 10.6 Å². The van der Waals surface area contributed by atoms with Crippen LogP contribution in [0.1, 0.15) is 44.2 Å². The summed E-state index contributed by atoms with van der Waals surface area (Å²) in [6.45, 7) is 10.1. The Morgan fingerprint density at radius 3 is 2.47 bits per heavy atom. The van der Waals surface area contributed by atoms with Crippen LogP contribution in [-0.2, 0) is 6.42 Å². The molecule has 2 N–H and O–H groups in total. The molecule has 19 heavy (non-hydrogen) atoms. The predicted molar refractivity (Wildman–Crippen MR) is 83.8 cm³/mol. The summed E-state index contributed by atoms with van der Waals surface area (Å²) in [4.78, 5) is 2.54. The van der Waals surface area contributed by atoms with Crippen molar-refractivity contribution in [3.8, 4) is 0 Å². The maximum absolute atomic E-state index is 5.65. The number of nitrogens with two attached hydrogens (primary N) is 1. The molecule has 1 aromatic rings. The summed E-state index contributed by atoms with van der Waals surface area (Å²) in [7, 11) is 0. The Hall–Kier alpha value is -1.02. The molecule has 0 unspecified atom stereocenters. The Morgan fingerprint density at radius 2 is 1.95 bits per heavy atom. The van der Waals surface area contributed by atoms with Gasteiger partial charge in [-0.15, -0.1) is 0 Å². The number of rotatable bonds is 4. The van der Waals surface area contributed by atoms with Crippen LogP contribution in [0.3, 0.4) is 0 Å². The van der Waals surface area contributed by atoms with E-state index in [4.69, 9.17) is 5.73 Å². The molecular formula is C17H28N2. The molecule has 1 heterocycles. The third-order valence-electron chi connectivity index (χ3n) is 4.93. The molecule has 0 bridgehead atoms. The lowest BCUT2D eigenvalue weighted by Gasteiger charge is -2.40. The first kappa shape index (κ1) is 14.4. The van der Waals surface area contributed by atoms with Crippen molar-refractivity contribution in [3.05, 3.63) is 29.3 Å². The summed E-state index contributed by atoms with van der Waals surface area (Å²) < 4.78 is 0. The van der Waals surface area contributed by atoms with Gasteiger partial charge in [-0.3, -0.25) is 0 Å². The van der Waals surface area contributed by atoms with E-state index in [9.17, 15) is 0 Å². The van der Waals surface area contributed by atoms with Crippen molar-refractivity contribution >= 4 is 5.69 Å². The topological polar surface area (TPSA) is 29.3 Å². The lowest BCUT2D eigenvalue weighted by Crippen LogP contribution is -2.38. The molecule has 2 nitrogen and oxygen atoms in total. The molecule has 1 saturated heterocycles. The minimum atomic E-state index is 0.561. The zero-order valence-electron chi connectivity index (χ0n) is 12.7. The van der Waals surface area contributed by atoms with Gasteiger partial charge < -0.3 is 10.6 Å². The molecule has 1 aliphatic rings. The quantitative estimate of drug-likeness (QED) is 0.897. The monoisotopic (exact) mass is 260 g/mol. The molecule has 1 fully saturated rings. The molecule has 0 atom stereocenters. The molecule has 0 saturated carbocycles. The second-order valence-electron chi connectivity index (χ2n) is 6.30. The maximum Gasteiger partial charge on any atom is 0.0369 e. The number of piperidine rings is 1. The van der Waals surface area contributed by atoms with Crippen molar-refractivity contribution in [3.63, 3.8) is 0 Å². The molecule has 1 aliphatic heterocycles. The largest absolute Gasteiger partial charge is 0.371 e. The molecule has 0 aliphatic carbocycles. The molecule has 2 rings (SSSR count). The summed E-state index contributed by atoms with van der Waals surface area (Å²) in [6.07, 6.45) is 4.91. The van der Waals surface area contributed by atoms with Gasteiger partial charge in [0.2, 0.25) is 0 Å². The second-order valence-corrected chi connectivity index (χ2v) is 6.30. The van der Waals surface area contributed by atoms with E-state index in [0.717, 1.165) is 13.0 Å². The van der Waals surface area contributed by atoms with Crippen LogP contribution in [0, 0.1) is 12.3 Å². The first-order chi connectivity index (χ1) is 9.08. The van der Waals surface area contributed by atoms with Crippen LogP contribution in [0.15, 0.2) is 18.2 Å². The van der Waals surface area contributed by atoms with Crippen LogP contribution in [-0.4, -0.2) is 19.6 Å². The number of anilines is 1. The van der Waals surface area contributed by atoms with Crippen LogP contribution in [0.5, 0.6) is 0 Å². The Bertz CT molecular complexity index is 417. The van der Waals surface area contributed by atoms with E-state index < -0.39 is 0 Å². The van der Waals surface area contributed by atoms with Crippen molar-refractivity contribution in [1.29, 1.82) is 0 Å². The molecule has 0 amide bonds. The van der Waals surface area contributed by atoms with Gasteiger partial charge in [-0.25, -0.2) is 0 Å². The lowest BCUT2D eigenvalue weighted by molar-refractivity contribution is 0.238. The van der Waals surface area contributed by atoms with Gasteiger partial charge in [0, 0.05) is 18.8 Å². The van der Waals surface area contributed by atoms with Gasteiger partial charge in [0.1, 0.15) is 0 Å². The second kappa shape index (κ2) is 5.96. The highest BCUT2D eigenvalue weighted by atomic mass is 15.1. The van der Waals surface area contributed by atoms with Crippen LogP contribution in [0.2, 0.25) is 0 Å². The van der Waals surface area contributed by atoms with E-state index in [-0.39, 0.29) is 0 Å². The molecule has 2 heteroatoms. The zero-order chi connectivity index (χ0) is 13.9. The van der Waals surface area contributed by atoms with E-state index in [1.807, 2.05) is 0 Å². The van der Waals surface area contributed by atoms with Gasteiger partial charge in [0.15, 0.2) is 0 Å². The highest BCUT2D eigenvalue weighted by Gasteiger charge is 2.28. The number of hydrogen-bond acceptors (Lipinski definition) is 2. The van der Waals surface area contributed by atoms with Crippen molar-refractivity contribution in [2.75, 3.05) is 24.5 Å². The lowest BCUT2D eigenvalue weighted by atomic mass is 9.78.